The number of hydrazine groups is 1. The predicted molar refractivity (Wildman–Crippen MR) is 131 cm³/mol. The average Bonchev–Trinajstić information content (AvgIpc) is 3.26. The molecule has 0 bridgehead atoms. The van der Waals surface area contributed by atoms with Crippen LogP contribution in [0.4, 0.5) is 11.4 Å². The molecule has 3 N–H and O–H groups in total. The third kappa shape index (κ3) is 3.93. The summed E-state index contributed by atoms with van der Waals surface area (Å²) in [4.78, 5) is 20.1. The fourth-order valence-corrected chi connectivity index (χ4v) is 5.97. The summed E-state index contributed by atoms with van der Waals surface area (Å²) in [6.45, 7) is 7.01. The molecular formula is C26H34N6O. The molecule has 0 radical (unpaired) electrons. The second-order valence-corrected chi connectivity index (χ2v) is 9.97. The van der Waals surface area contributed by atoms with Gasteiger partial charge in [-0.1, -0.05) is 24.3 Å². The van der Waals surface area contributed by atoms with Crippen LogP contribution in [0.5, 0.6) is 0 Å². The summed E-state index contributed by atoms with van der Waals surface area (Å²) in [6, 6.07) is 15.9. The lowest BCUT2D eigenvalue weighted by Gasteiger charge is -2.38. The number of nitrogens with zero attached hydrogens (tertiary/aromatic N) is 3. The number of piperazine rings is 1. The first-order valence-electron chi connectivity index (χ1n) is 12.3. The zero-order valence-electron chi connectivity index (χ0n) is 19.4. The van der Waals surface area contributed by atoms with Crippen LogP contribution in [0.25, 0.3) is 0 Å². The summed E-state index contributed by atoms with van der Waals surface area (Å²) in [5, 5.41) is 3.45. The maximum Gasteiger partial charge on any atom is 0.228 e. The summed E-state index contributed by atoms with van der Waals surface area (Å²) in [7, 11) is 2.19. The maximum atomic E-state index is 13.1. The Bertz CT molecular complexity index is 1020. The van der Waals surface area contributed by atoms with Crippen molar-refractivity contribution in [3.63, 3.8) is 0 Å². The van der Waals surface area contributed by atoms with Gasteiger partial charge in [0.05, 0.1) is 6.04 Å². The van der Waals surface area contributed by atoms with Crippen molar-refractivity contribution in [3.05, 3.63) is 59.2 Å². The highest BCUT2D eigenvalue weighted by atomic mass is 16.2. The van der Waals surface area contributed by atoms with E-state index in [0.29, 0.717) is 12.3 Å². The third-order valence-corrected chi connectivity index (χ3v) is 7.99. The molecule has 4 aliphatic heterocycles. The Morgan fingerprint density at radius 3 is 2.61 bits per heavy atom. The number of rotatable bonds is 3. The molecule has 0 spiro atoms. The van der Waals surface area contributed by atoms with Crippen LogP contribution in [0.3, 0.4) is 0 Å². The van der Waals surface area contributed by atoms with Crippen molar-refractivity contribution in [1.29, 1.82) is 0 Å². The Kier molecular flexibility index (Phi) is 5.58. The smallest absolute Gasteiger partial charge is 0.228 e. The molecule has 6 rings (SSSR count). The van der Waals surface area contributed by atoms with E-state index in [9.17, 15) is 4.79 Å². The number of benzene rings is 2. The van der Waals surface area contributed by atoms with Crippen LogP contribution >= 0.6 is 0 Å². The second kappa shape index (κ2) is 8.72. The fraction of sp³-hybridized carbons (Fsp3) is 0.500. The molecule has 3 saturated heterocycles. The van der Waals surface area contributed by atoms with Crippen LogP contribution in [0.1, 0.15) is 29.2 Å². The van der Waals surface area contributed by atoms with Gasteiger partial charge in [-0.15, -0.1) is 0 Å². The van der Waals surface area contributed by atoms with Crippen LogP contribution in [0.2, 0.25) is 0 Å². The Morgan fingerprint density at radius 1 is 0.970 bits per heavy atom. The van der Waals surface area contributed by atoms with E-state index >= 15 is 0 Å². The van der Waals surface area contributed by atoms with Gasteiger partial charge in [-0.05, 0) is 54.9 Å². The van der Waals surface area contributed by atoms with Crippen LogP contribution in [0, 0.1) is 5.92 Å². The van der Waals surface area contributed by atoms with Gasteiger partial charge in [-0.3, -0.25) is 10.2 Å². The summed E-state index contributed by atoms with van der Waals surface area (Å²) in [6.07, 6.45) is 1.52. The molecule has 3 fully saturated rings. The fourth-order valence-electron chi connectivity index (χ4n) is 5.97. The lowest BCUT2D eigenvalue weighted by Crippen LogP contribution is -2.49. The normalized spacial score (nSPS) is 28.0. The minimum Gasteiger partial charge on any atom is -0.369 e. The monoisotopic (exact) mass is 446 g/mol. The van der Waals surface area contributed by atoms with Crippen molar-refractivity contribution >= 4 is 17.3 Å². The van der Waals surface area contributed by atoms with Gasteiger partial charge >= 0.3 is 0 Å². The van der Waals surface area contributed by atoms with E-state index in [2.05, 4.69) is 80.4 Å². The standard InChI is InChI=1S/C26H34N6O/c1-30-11-13-31(14-12-30)20-7-5-18(6-8-20)26-22-17-32(25(33)15-23(22)28-29-26)24-4-2-3-19-16-27-10-9-21(19)24/h2-8,22-23,26-29H,9-17H2,1H3. The van der Waals surface area contributed by atoms with E-state index in [1.807, 2.05) is 0 Å². The molecule has 2 aromatic carbocycles. The van der Waals surface area contributed by atoms with E-state index in [0.717, 1.165) is 57.9 Å². The maximum absolute atomic E-state index is 13.1. The van der Waals surface area contributed by atoms with Crippen LogP contribution in [-0.2, 0) is 17.8 Å². The number of likely N-dealkylation sites (N-methyl/N-ethyl adjacent to an activating group) is 1. The number of carbonyl (C=O) groups is 1. The molecule has 4 aliphatic rings. The first kappa shape index (κ1) is 21.1. The molecule has 1 amide bonds. The van der Waals surface area contributed by atoms with Crippen molar-refractivity contribution in [1.82, 2.24) is 21.1 Å². The highest BCUT2D eigenvalue weighted by Crippen LogP contribution is 2.38. The van der Waals surface area contributed by atoms with E-state index in [1.54, 1.807) is 0 Å². The number of amides is 1. The SMILES string of the molecule is CN1CCN(c2ccc(C3NNC4CC(=O)N(c5cccc6c5CCNC6)CC43)cc2)CC1. The summed E-state index contributed by atoms with van der Waals surface area (Å²) in [5.41, 5.74) is 13.3. The highest BCUT2D eigenvalue weighted by Gasteiger charge is 2.44. The van der Waals surface area contributed by atoms with Crippen molar-refractivity contribution in [2.45, 2.75) is 31.5 Å². The summed E-state index contributed by atoms with van der Waals surface area (Å²) >= 11 is 0. The first-order chi connectivity index (χ1) is 16.2. The molecule has 174 valence electrons. The van der Waals surface area contributed by atoms with Crippen LogP contribution < -0.4 is 26.0 Å². The highest BCUT2D eigenvalue weighted by molar-refractivity contribution is 5.95. The molecule has 0 aliphatic carbocycles. The quantitative estimate of drug-likeness (QED) is 0.667. The van der Waals surface area contributed by atoms with Gasteiger partial charge in [-0.2, -0.15) is 0 Å². The molecule has 4 heterocycles. The lowest BCUT2D eigenvalue weighted by molar-refractivity contribution is -0.120. The number of nitrogens with one attached hydrogen (secondary N) is 3. The van der Waals surface area contributed by atoms with Gasteiger partial charge in [0.1, 0.15) is 0 Å². The average molecular weight is 447 g/mol. The van der Waals surface area contributed by atoms with Gasteiger partial charge in [-0.25, -0.2) is 5.43 Å². The minimum absolute atomic E-state index is 0.178. The van der Waals surface area contributed by atoms with Crippen molar-refractivity contribution in [3.8, 4) is 0 Å². The van der Waals surface area contributed by atoms with Gasteiger partial charge in [0.2, 0.25) is 5.91 Å². The largest absolute Gasteiger partial charge is 0.369 e. The second-order valence-electron chi connectivity index (χ2n) is 9.97. The molecule has 7 nitrogen and oxygen atoms in total. The van der Waals surface area contributed by atoms with Crippen molar-refractivity contribution in [2.75, 3.05) is 56.1 Å². The zero-order valence-corrected chi connectivity index (χ0v) is 19.4. The number of piperidine rings is 1. The zero-order chi connectivity index (χ0) is 22.4. The molecule has 2 aromatic rings. The number of fused-ring (bicyclic) bond motifs is 2. The van der Waals surface area contributed by atoms with Gasteiger partial charge in [0.25, 0.3) is 0 Å². The van der Waals surface area contributed by atoms with E-state index < -0.39 is 0 Å². The Labute approximate surface area is 196 Å². The number of hydrogen-bond acceptors (Lipinski definition) is 6. The van der Waals surface area contributed by atoms with Gasteiger partial charge in [0.15, 0.2) is 0 Å². The van der Waals surface area contributed by atoms with Crippen LogP contribution in [0.15, 0.2) is 42.5 Å². The lowest BCUT2D eigenvalue weighted by atomic mass is 9.84. The Morgan fingerprint density at radius 2 is 1.79 bits per heavy atom. The van der Waals surface area contributed by atoms with E-state index in [4.69, 9.17) is 0 Å². The molecule has 33 heavy (non-hydrogen) atoms. The Balaban J connectivity index is 1.22. The van der Waals surface area contributed by atoms with Gasteiger partial charge in [0, 0.05) is 69.0 Å². The summed E-state index contributed by atoms with van der Waals surface area (Å²) < 4.78 is 0. The predicted octanol–water partition coefficient (Wildman–Crippen LogP) is 1.65. The molecule has 0 saturated carbocycles. The Hall–Kier alpha value is -2.45. The van der Waals surface area contributed by atoms with E-state index in [-0.39, 0.29) is 18.0 Å². The first-order valence-corrected chi connectivity index (χ1v) is 12.3. The molecule has 7 heteroatoms. The van der Waals surface area contributed by atoms with Crippen molar-refractivity contribution in [2.24, 2.45) is 5.92 Å². The van der Waals surface area contributed by atoms with E-state index in [1.165, 1.54) is 22.4 Å². The molecule has 3 atom stereocenters. The minimum atomic E-state index is 0.178. The summed E-state index contributed by atoms with van der Waals surface area (Å²) in [5.74, 6) is 0.568. The number of hydrogen-bond donors (Lipinski definition) is 3. The molecule has 3 unspecified atom stereocenters. The third-order valence-electron chi connectivity index (χ3n) is 7.99. The molecular weight excluding hydrogens is 412 g/mol. The topological polar surface area (TPSA) is 62.9 Å². The van der Waals surface area contributed by atoms with Gasteiger partial charge < -0.3 is 20.0 Å². The molecule has 0 aromatic heterocycles. The van der Waals surface area contributed by atoms with Crippen LogP contribution in [-0.4, -0.2) is 63.2 Å². The number of anilines is 2. The number of carbonyl (C=O) groups excluding carboxylic acids is 1. The van der Waals surface area contributed by atoms with Crippen molar-refractivity contribution < 1.29 is 4.79 Å².